The molecule has 0 unspecified atom stereocenters. The van der Waals surface area contributed by atoms with Crippen molar-refractivity contribution in [3.63, 3.8) is 0 Å². The number of aromatic nitrogens is 2. The van der Waals surface area contributed by atoms with Crippen LogP contribution < -0.4 is 14.8 Å². The average Bonchev–Trinajstić information content (AvgIpc) is 3.35. The molecule has 0 amide bonds. The van der Waals surface area contributed by atoms with Gasteiger partial charge in [0.25, 0.3) is 0 Å². The van der Waals surface area contributed by atoms with Crippen molar-refractivity contribution in [2.24, 2.45) is 10.9 Å². The Hall–Kier alpha value is -2.67. The van der Waals surface area contributed by atoms with Crippen LogP contribution in [0.2, 0.25) is 0 Å². The lowest BCUT2D eigenvalue weighted by Crippen LogP contribution is -2.22. The van der Waals surface area contributed by atoms with E-state index in [1.54, 1.807) is 13.3 Å². The van der Waals surface area contributed by atoms with Crippen LogP contribution in [0.4, 0.5) is 11.6 Å². The van der Waals surface area contributed by atoms with Gasteiger partial charge in [0.15, 0.2) is 11.5 Å². The van der Waals surface area contributed by atoms with E-state index in [4.69, 9.17) is 9.47 Å². The van der Waals surface area contributed by atoms with Crippen LogP contribution in [0, 0.1) is 12.8 Å². The standard InChI is InChI=1S/C21H27N5O2/c1-4-26-6-5-15(12-26)13-28-18-8-20(23-11-19(18)27-3)25-21-17-10-22-9-16(17)7-14(2)24-21/h7-8,10-11,15H,4-6,9,12-13H2,1-3H3,(H,23,24,25)/t15-/m1/s1. The van der Waals surface area contributed by atoms with E-state index in [0.29, 0.717) is 36.4 Å². The van der Waals surface area contributed by atoms with Gasteiger partial charge in [-0.2, -0.15) is 0 Å². The van der Waals surface area contributed by atoms with Crippen molar-refractivity contribution in [3.05, 3.63) is 35.2 Å². The van der Waals surface area contributed by atoms with Gasteiger partial charge in [-0.05, 0) is 38.1 Å². The van der Waals surface area contributed by atoms with Crippen molar-refractivity contribution in [1.29, 1.82) is 0 Å². The first-order chi connectivity index (χ1) is 13.7. The smallest absolute Gasteiger partial charge is 0.179 e. The molecule has 4 rings (SSSR count). The van der Waals surface area contributed by atoms with Crippen LogP contribution in [0.25, 0.3) is 0 Å². The molecule has 28 heavy (non-hydrogen) atoms. The Morgan fingerprint density at radius 3 is 2.96 bits per heavy atom. The molecule has 4 heterocycles. The zero-order chi connectivity index (χ0) is 19.5. The summed E-state index contributed by atoms with van der Waals surface area (Å²) in [5.41, 5.74) is 3.16. The molecule has 0 aromatic carbocycles. The Morgan fingerprint density at radius 1 is 1.29 bits per heavy atom. The number of rotatable bonds is 7. The molecule has 2 aliphatic heterocycles. The van der Waals surface area contributed by atoms with Gasteiger partial charge in [0, 0.05) is 36.0 Å². The van der Waals surface area contributed by atoms with Gasteiger partial charge >= 0.3 is 0 Å². The summed E-state index contributed by atoms with van der Waals surface area (Å²) >= 11 is 0. The first-order valence-electron chi connectivity index (χ1n) is 9.82. The second-order valence-electron chi connectivity index (χ2n) is 7.36. The Kier molecular flexibility index (Phi) is 5.43. The second kappa shape index (κ2) is 8.14. The lowest BCUT2D eigenvalue weighted by atomic mass is 10.1. The maximum Gasteiger partial charge on any atom is 0.179 e. The van der Waals surface area contributed by atoms with E-state index < -0.39 is 0 Å². The predicted molar refractivity (Wildman–Crippen MR) is 110 cm³/mol. The van der Waals surface area contributed by atoms with E-state index in [2.05, 4.69) is 38.2 Å². The largest absolute Gasteiger partial charge is 0.491 e. The first-order valence-corrected chi connectivity index (χ1v) is 9.82. The number of anilines is 2. The fourth-order valence-corrected chi connectivity index (χ4v) is 3.78. The highest BCUT2D eigenvalue weighted by Crippen LogP contribution is 2.32. The van der Waals surface area contributed by atoms with Crippen LogP contribution in [0.15, 0.2) is 23.3 Å². The highest BCUT2D eigenvalue weighted by Gasteiger charge is 2.22. The normalized spacial score (nSPS) is 18.3. The molecule has 1 N–H and O–H groups in total. The maximum absolute atomic E-state index is 6.12. The molecule has 0 spiro atoms. The molecule has 148 valence electrons. The van der Waals surface area contributed by atoms with E-state index in [1.807, 2.05) is 19.2 Å². The zero-order valence-electron chi connectivity index (χ0n) is 16.7. The molecular weight excluding hydrogens is 354 g/mol. The third kappa shape index (κ3) is 3.94. The van der Waals surface area contributed by atoms with E-state index >= 15 is 0 Å². The van der Waals surface area contributed by atoms with Crippen LogP contribution in [-0.2, 0) is 6.54 Å². The Bertz CT molecular complexity index is 883. The maximum atomic E-state index is 6.12. The quantitative estimate of drug-likeness (QED) is 0.794. The van der Waals surface area contributed by atoms with Gasteiger partial charge in [0.05, 0.1) is 26.5 Å². The SMILES string of the molecule is CCN1CC[C@@H](COc2cc(Nc3nc(C)cc4c3C=NC4)ncc2OC)C1. The highest BCUT2D eigenvalue weighted by atomic mass is 16.5. The number of likely N-dealkylation sites (tertiary alicyclic amines) is 1. The molecule has 1 saturated heterocycles. The van der Waals surface area contributed by atoms with Crippen LogP contribution in [0.5, 0.6) is 11.5 Å². The third-order valence-electron chi connectivity index (χ3n) is 5.34. The van der Waals surface area contributed by atoms with Crippen LogP contribution in [-0.4, -0.2) is 54.4 Å². The van der Waals surface area contributed by atoms with E-state index in [-0.39, 0.29) is 0 Å². The summed E-state index contributed by atoms with van der Waals surface area (Å²) < 4.78 is 11.6. The summed E-state index contributed by atoms with van der Waals surface area (Å²) in [5, 5.41) is 3.32. The summed E-state index contributed by atoms with van der Waals surface area (Å²) in [4.78, 5) is 15.9. The fraction of sp³-hybridized carbons (Fsp3) is 0.476. The molecule has 7 heteroatoms. The van der Waals surface area contributed by atoms with Crippen molar-refractivity contribution in [2.75, 3.05) is 38.7 Å². The number of ether oxygens (including phenoxy) is 2. The van der Waals surface area contributed by atoms with Crippen LogP contribution in [0.3, 0.4) is 0 Å². The van der Waals surface area contributed by atoms with Crippen molar-refractivity contribution in [3.8, 4) is 11.5 Å². The Morgan fingerprint density at radius 2 is 2.18 bits per heavy atom. The molecule has 7 nitrogen and oxygen atoms in total. The third-order valence-corrected chi connectivity index (χ3v) is 5.34. The molecule has 0 radical (unpaired) electrons. The topological polar surface area (TPSA) is 71.9 Å². The van der Waals surface area contributed by atoms with Crippen LogP contribution in [0.1, 0.15) is 30.2 Å². The number of fused-ring (bicyclic) bond motifs is 1. The minimum Gasteiger partial charge on any atom is -0.491 e. The van der Waals surface area contributed by atoms with Gasteiger partial charge in [-0.1, -0.05) is 6.92 Å². The highest BCUT2D eigenvalue weighted by molar-refractivity contribution is 5.91. The summed E-state index contributed by atoms with van der Waals surface area (Å²) in [6.07, 6.45) is 4.73. The summed E-state index contributed by atoms with van der Waals surface area (Å²) in [5.74, 6) is 3.34. The number of aliphatic imine (C=N–C) groups is 1. The molecule has 2 aromatic rings. The average molecular weight is 381 g/mol. The molecule has 1 atom stereocenters. The molecule has 1 fully saturated rings. The molecule has 0 bridgehead atoms. The minimum atomic E-state index is 0.548. The number of hydrogen-bond donors (Lipinski definition) is 1. The van der Waals surface area contributed by atoms with Gasteiger partial charge in [0.2, 0.25) is 0 Å². The number of methoxy groups -OCH3 is 1. The van der Waals surface area contributed by atoms with E-state index in [9.17, 15) is 0 Å². The van der Waals surface area contributed by atoms with Crippen molar-refractivity contribution in [1.82, 2.24) is 14.9 Å². The molecule has 0 saturated carbocycles. The molecular formula is C21H27N5O2. The predicted octanol–water partition coefficient (Wildman–Crippen LogP) is 3.19. The molecule has 2 aliphatic rings. The van der Waals surface area contributed by atoms with E-state index in [1.165, 1.54) is 12.0 Å². The Labute approximate surface area is 165 Å². The lowest BCUT2D eigenvalue weighted by molar-refractivity contribution is 0.234. The van der Waals surface area contributed by atoms with Crippen molar-refractivity contribution < 1.29 is 9.47 Å². The minimum absolute atomic E-state index is 0.548. The second-order valence-corrected chi connectivity index (χ2v) is 7.36. The van der Waals surface area contributed by atoms with Crippen molar-refractivity contribution >= 4 is 17.9 Å². The first kappa shape index (κ1) is 18.7. The van der Waals surface area contributed by atoms with Gasteiger partial charge in [-0.25, -0.2) is 9.97 Å². The fourth-order valence-electron chi connectivity index (χ4n) is 3.78. The zero-order valence-corrected chi connectivity index (χ0v) is 16.7. The number of nitrogens with one attached hydrogen (secondary N) is 1. The number of hydrogen-bond acceptors (Lipinski definition) is 7. The summed E-state index contributed by atoms with van der Waals surface area (Å²) in [6.45, 7) is 8.91. The lowest BCUT2D eigenvalue weighted by Gasteiger charge is -2.16. The summed E-state index contributed by atoms with van der Waals surface area (Å²) in [6, 6.07) is 3.96. The van der Waals surface area contributed by atoms with Gasteiger partial charge < -0.3 is 19.7 Å². The van der Waals surface area contributed by atoms with Gasteiger partial charge in [-0.3, -0.25) is 4.99 Å². The van der Waals surface area contributed by atoms with Crippen LogP contribution >= 0.6 is 0 Å². The number of pyridine rings is 2. The Balaban J connectivity index is 1.50. The number of aryl methyl sites for hydroxylation is 1. The molecule has 2 aromatic heterocycles. The van der Waals surface area contributed by atoms with Gasteiger partial charge in [-0.15, -0.1) is 0 Å². The summed E-state index contributed by atoms with van der Waals surface area (Å²) in [7, 11) is 1.64. The molecule has 0 aliphatic carbocycles. The van der Waals surface area contributed by atoms with E-state index in [0.717, 1.165) is 36.7 Å². The monoisotopic (exact) mass is 381 g/mol. The van der Waals surface area contributed by atoms with Crippen molar-refractivity contribution in [2.45, 2.75) is 26.8 Å². The number of nitrogens with zero attached hydrogens (tertiary/aromatic N) is 4. The van der Waals surface area contributed by atoms with Gasteiger partial charge in [0.1, 0.15) is 11.6 Å².